The Morgan fingerprint density at radius 1 is 0.558 bits per heavy atom. The number of hydrogen-bond donors (Lipinski definition) is 0. The Morgan fingerprint density at radius 3 is 1.35 bits per heavy atom. The highest BCUT2D eigenvalue weighted by Crippen LogP contribution is 2.21. The summed E-state index contributed by atoms with van der Waals surface area (Å²) in [5.41, 5.74) is 3.73. The molecular weight excluding hydrogens is 658 g/mol. The van der Waals surface area contributed by atoms with Crippen molar-refractivity contribution in [2.24, 2.45) is 0 Å². The number of carbonyl (C=O) groups is 1. The minimum atomic E-state index is -0.628. The van der Waals surface area contributed by atoms with Crippen LogP contribution in [0.2, 0.25) is 0 Å². The van der Waals surface area contributed by atoms with Gasteiger partial charge in [-0.05, 0) is 98.0 Å². The monoisotopic (exact) mass is 713 g/mol. The summed E-state index contributed by atoms with van der Waals surface area (Å²) in [5.74, 6) is 3.19. The van der Waals surface area contributed by atoms with Crippen LogP contribution in [0.4, 0.5) is 4.79 Å². The predicted molar refractivity (Wildman–Crippen MR) is 204 cm³/mol. The summed E-state index contributed by atoms with van der Waals surface area (Å²) in [6.45, 7) is 10.1. The zero-order chi connectivity index (χ0) is 37.3. The Morgan fingerprint density at radius 2 is 0.962 bits per heavy atom. The zero-order valence-corrected chi connectivity index (χ0v) is 31.8. The van der Waals surface area contributed by atoms with Gasteiger partial charge in [-0.15, -0.1) is 0 Å². The molecule has 0 saturated carbocycles. The van der Waals surface area contributed by atoms with Gasteiger partial charge in [0.05, 0.1) is 35.0 Å². The highest BCUT2D eigenvalue weighted by molar-refractivity contribution is 5.68. The molecule has 0 N–H and O–H groups in total. The maximum atomic E-state index is 13.6. The highest BCUT2D eigenvalue weighted by atomic mass is 16.7. The number of amides is 1. The van der Waals surface area contributed by atoms with Crippen LogP contribution in [0.3, 0.4) is 0 Å². The third-order valence-electron chi connectivity index (χ3n) is 8.25. The van der Waals surface area contributed by atoms with E-state index in [0.29, 0.717) is 58.8 Å². The lowest BCUT2D eigenvalue weighted by Gasteiger charge is -2.30. The first-order valence-corrected chi connectivity index (χ1v) is 17.7. The SMILES string of the molecule is COc1cccc(CN(CCN(CCCON(Cc2cccc(OC)c2)Cc2cccc(OC)c2)C(=O)OC(C)(C)C)Cc2cccc(OC)c2)c1. The van der Waals surface area contributed by atoms with Crippen molar-refractivity contribution in [3.8, 4) is 23.0 Å². The van der Waals surface area contributed by atoms with Crippen LogP contribution in [0.15, 0.2) is 97.1 Å². The van der Waals surface area contributed by atoms with E-state index in [1.165, 1.54) is 0 Å². The number of ether oxygens (including phenoxy) is 5. The van der Waals surface area contributed by atoms with Crippen LogP contribution in [0, 0.1) is 0 Å². The molecule has 0 unspecified atom stereocenters. The molecule has 4 aromatic rings. The predicted octanol–water partition coefficient (Wildman–Crippen LogP) is 7.98. The van der Waals surface area contributed by atoms with Crippen LogP contribution in [0.5, 0.6) is 23.0 Å². The topological polar surface area (TPSA) is 82.2 Å². The molecule has 0 aliphatic rings. The number of carbonyl (C=O) groups excluding carboxylic acids is 1. The van der Waals surface area contributed by atoms with E-state index < -0.39 is 5.60 Å². The highest BCUT2D eigenvalue weighted by Gasteiger charge is 2.23. The van der Waals surface area contributed by atoms with Crippen LogP contribution in [0.25, 0.3) is 0 Å². The van der Waals surface area contributed by atoms with Crippen molar-refractivity contribution in [3.05, 3.63) is 119 Å². The van der Waals surface area contributed by atoms with Crippen molar-refractivity contribution < 1.29 is 33.3 Å². The van der Waals surface area contributed by atoms with Gasteiger partial charge in [0.25, 0.3) is 0 Å². The number of benzene rings is 4. The summed E-state index contributed by atoms with van der Waals surface area (Å²) in [7, 11) is 6.67. The standard InChI is InChI=1S/C42H55N3O7/c1-42(2,3)52-41(46)44(23-22-43(29-33-13-8-17-37(25-33)47-4)30-34-14-9-18-38(26-34)48-5)21-12-24-51-45(31-35-15-10-19-39(27-35)49-6)32-36-16-11-20-40(28-36)50-7/h8-11,13-20,25-28H,12,21-24,29-32H2,1-7H3. The molecule has 0 aliphatic heterocycles. The minimum absolute atomic E-state index is 0.347. The molecule has 4 rings (SSSR count). The molecule has 1 amide bonds. The van der Waals surface area contributed by atoms with Gasteiger partial charge in [-0.1, -0.05) is 48.5 Å². The molecule has 0 radical (unpaired) electrons. The smallest absolute Gasteiger partial charge is 0.410 e. The molecule has 10 heteroatoms. The van der Waals surface area contributed by atoms with Crippen molar-refractivity contribution in [1.82, 2.24) is 14.9 Å². The quantitative estimate of drug-likeness (QED) is 0.0669. The first-order chi connectivity index (χ1) is 25.1. The summed E-state index contributed by atoms with van der Waals surface area (Å²) in [5, 5.41) is 1.94. The average Bonchev–Trinajstić information content (AvgIpc) is 3.13. The Hall–Kier alpha value is -4.77. The van der Waals surface area contributed by atoms with Crippen molar-refractivity contribution in [3.63, 3.8) is 0 Å². The molecule has 0 atom stereocenters. The third kappa shape index (κ3) is 13.7. The van der Waals surface area contributed by atoms with Gasteiger partial charge in [0.1, 0.15) is 28.6 Å². The molecule has 0 heterocycles. The molecule has 52 heavy (non-hydrogen) atoms. The Labute approximate surface area is 309 Å². The van der Waals surface area contributed by atoms with E-state index in [1.54, 1.807) is 33.3 Å². The Kier molecular flexibility index (Phi) is 15.6. The van der Waals surface area contributed by atoms with Gasteiger partial charge in [-0.25, -0.2) is 4.79 Å². The van der Waals surface area contributed by atoms with Crippen molar-refractivity contribution in [1.29, 1.82) is 0 Å². The second-order valence-corrected chi connectivity index (χ2v) is 13.6. The second-order valence-electron chi connectivity index (χ2n) is 13.6. The van der Waals surface area contributed by atoms with Crippen molar-refractivity contribution in [2.75, 3.05) is 54.7 Å². The molecule has 0 bridgehead atoms. The normalized spacial score (nSPS) is 11.4. The first kappa shape index (κ1) is 40.0. The zero-order valence-electron chi connectivity index (χ0n) is 31.8. The number of hydroxylamine groups is 2. The summed E-state index contributed by atoms with van der Waals surface area (Å²) < 4.78 is 27.8. The lowest BCUT2D eigenvalue weighted by molar-refractivity contribution is -0.175. The Bertz CT molecular complexity index is 1580. The molecule has 0 saturated heterocycles. The fourth-order valence-electron chi connectivity index (χ4n) is 5.70. The second kappa shape index (κ2) is 20.3. The van der Waals surface area contributed by atoms with Crippen LogP contribution in [-0.2, 0) is 35.8 Å². The van der Waals surface area contributed by atoms with E-state index in [-0.39, 0.29) is 6.09 Å². The molecule has 0 spiro atoms. The minimum Gasteiger partial charge on any atom is -0.497 e. The van der Waals surface area contributed by atoms with Gasteiger partial charge >= 0.3 is 6.09 Å². The van der Waals surface area contributed by atoms with Crippen LogP contribution < -0.4 is 18.9 Å². The number of hydrogen-bond acceptors (Lipinski definition) is 9. The van der Waals surface area contributed by atoms with Gasteiger partial charge in [-0.3, -0.25) is 9.74 Å². The summed E-state index contributed by atoms with van der Waals surface area (Å²) in [6.07, 6.45) is 0.261. The van der Waals surface area contributed by atoms with Crippen molar-refractivity contribution >= 4 is 6.09 Å². The molecule has 10 nitrogen and oxygen atoms in total. The summed E-state index contributed by atoms with van der Waals surface area (Å²) >= 11 is 0. The van der Waals surface area contributed by atoms with Crippen LogP contribution in [-0.4, -0.2) is 81.2 Å². The maximum Gasteiger partial charge on any atom is 0.410 e. The number of methoxy groups -OCH3 is 4. The van der Waals surface area contributed by atoms with E-state index in [4.69, 9.17) is 28.5 Å². The largest absolute Gasteiger partial charge is 0.497 e. The molecule has 4 aromatic carbocycles. The van der Waals surface area contributed by atoms with E-state index in [2.05, 4.69) is 29.2 Å². The van der Waals surface area contributed by atoms with Gasteiger partial charge in [0.2, 0.25) is 0 Å². The first-order valence-electron chi connectivity index (χ1n) is 17.7. The van der Waals surface area contributed by atoms with E-state index in [0.717, 1.165) is 45.3 Å². The number of rotatable bonds is 20. The van der Waals surface area contributed by atoms with Gasteiger partial charge in [-0.2, -0.15) is 5.06 Å². The lowest BCUT2D eigenvalue weighted by atomic mass is 10.1. The van der Waals surface area contributed by atoms with E-state index >= 15 is 0 Å². The van der Waals surface area contributed by atoms with E-state index in [1.807, 2.05) is 98.6 Å². The maximum absolute atomic E-state index is 13.6. The lowest BCUT2D eigenvalue weighted by Crippen LogP contribution is -2.42. The number of nitrogens with zero attached hydrogens (tertiary/aromatic N) is 3. The van der Waals surface area contributed by atoms with Gasteiger partial charge in [0.15, 0.2) is 0 Å². The molecule has 0 aliphatic carbocycles. The van der Waals surface area contributed by atoms with E-state index in [9.17, 15) is 4.79 Å². The summed E-state index contributed by atoms with van der Waals surface area (Å²) in [4.78, 5) is 24.1. The fourth-order valence-corrected chi connectivity index (χ4v) is 5.70. The molecule has 0 aromatic heterocycles. The van der Waals surface area contributed by atoms with Crippen molar-refractivity contribution in [2.45, 2.75) is 59.0 Å². The third-order valence-corrected chi connectivity index (χ3v) is 8.25. The van der Waals surface area contributed by atoms with Gasteiger partial charge < -0.3 is 28.6 Å². The molecular formula is C42H55N3O7. The Balaban J connectivity index is 1.46. The molecule has 0 fully saturated rings. The molecule has 280 valence electrons. The summed E-state index contributed by atoms with van der Waals surface area (Å²) in [6, 6.07) is 32.1. The van der Waals surface area contributed by atoms with Crippen LogP contribution in [0.1, 0.15) is 49.4 Å². The van der Waals surface area contributed by atoms with Crippen LogP contribution >= 0.6 is 0 Å². The van der Waals surface area contributed by atoms with Gasteiger partial charge in [0, 0.05) is 45.8 Å². The average molecular weight is 714 g/mol. The fraction of sp³-hybridized carbons (Fsp3) is 0.405.